The van der Waals surface area contributed by atoms with Crippen molar-refractivity contribution in [2.75, 3.05) is 7.05 Å². The van der Waals surface area contributed by atoms with Crippen LogP contribution in [0.3, 0.4) is 0 Å². The molecule has 0 aromatic carbocycles. The first kappa shape index (κ1) is 19.0. The summed E-state index contributed by atoms with van der Waals surface area (Å²) in [6.45, 7) is 3.41. The summed E-state index contributed by atoms with van der Waals surface area (Å²) in [7, 11) is 1.55. The van der Waals surface area contributed by atoms with Gasteiger partial charge in [0, 0.05) is 30.5 Å². The topological polar surface area (TPSA) is 71.8 Å². The maximum atomic E-state index is 13.6. The molecule has 0 saturated carbocycles. The van der Waals surface area contributed by atoms with Crippen molar-refractivity contribution in [2.24, 2.45) is 10.2 Å². The van der Waals surface area contributed by atoms with E-state index in [-0.39, 0.29) is 5.70 Å². The van der Waals surface area contributed by atoms with Gasteiger partial charge in [-0.05, 0) is 37.2 Å². The Morgan fingerprint density at radius 2 is 2.04 bits per heavy atom. The fourth-order valence-electron chi connectivity index (χ4n) is 1.93. The van der Waals surface area contributed by atoms with Crippen LogP contribution in [-0.4, -0.2) is 24.5 Å². The van der Waals surface area contributed by atoms with E-state index in [4.69, 9.17) is 0 Å². The van der Waals surface area contributed by atoms with E-state index in [1.165, 1.54) is 18.4 Å². The lowest BCUT2D eigenvalue weighted by atomic mass is 10.1. The van der Waals surface area contributed by atoms with Gasteiger partial charge in [-0.1, -0.05) is 18.2 Å². The number of pyridine rings is 1. The van der Waals surface area contributed by atoms with Crippen LogP contribution in [0.4, 0.5) is 4.39 Å². The Hall–Kier alpha value is -3.02. The molecule has 24 heavy (non-hydrogen) atoms. The number of carbonyl (C=O) groups is 1. The Labute approximate surface area is 140 Å². The Morgan fingerprint density at radius 3 is 2.58 bits per heavy atom. The Balaban J connectivity index is 3.56. The molecule has 124 valence electrons. The van der Waals surface area contributed by atoms with Gasteiger partial charge in [-0.25, -0.2) is 9.37 Å². The number of aliphatic imine (C=N–C) groups is 1. The van der Waals surface area contributed by atoms with Gasteiger partial charge < -0.3 is 0 Å². The summed E-state index contributed by atoms with van der Waals surface area (Å²) in [6, 6.07) is 3.22. The first-order valence-corrected chi connectivity index (χ1v) is 7.20. The molecular weight excluding hydrogens is 309 g/mol. The first-order valence-electron chi connectivity index (χ1n) is 7.20. The molecule has 0 unspecified atom stereocenters. The second-order valence-electron chi connectivity index (χ2n) is 4.57. The predicted molar refractivity (Wildman–Crippen MR) is 95.2 cm³/mol. The van der Waals surface area contributed by atoms with Crippen LogP contribution in [0.2, 0.25) is 0 Å². The van der Waals surface area contributed by atoms with Gasteiger partial charge in [0.25, 0.3) is 0 Å². The van der Waals surface area contributed by atoms with E-state index in [2.05, 4.69) is 15.2 Å². The summed E-state index contributed by atoms with van der Waals surface area (Å²) in [5, 5.41) is 2.84. The lowest BCUT2D eigenvalue weighted by Gasteiger charge is -2.08. The predicted octanol–water partition coefficient (Wildman–Crippen LogP) is 4.27. The van der Waals surface area contributed by atoms with Crippen molar-refractivity contribution in [1.82, 2.24) is 4.98 Å². The summed E-state index contributed by atoms with van der Waals surface area (Å²) >= 11 is 0. The highest BCUT2D eigenvalue weighted by Crippen LogP contribution is 2.23. The van der Waals surface area contributed by atoms with Crippen molar-refractivity contribution in [3.05, 3.63) is 70.2 Å². The number of halogens is 1. The number of carbonyl (C=O) groups excluding carboxylic acids is 1. The van der Waals surface area contributed by atoms with Crippen molar-refractivity contribution in [2.45, 2.75) is 13.8 Å². The molecule has 1 heterocycles. The van der Waals surface area contributed by atoms with Crippen LogP contribution in [0, 0.1) is 4.91 Å². The van der Waals surface area contributed by atoms with Gasteiger partial charge in [-0.2, -0.15) is 0 Å². The lowest BCUT2D eigenvalue weighted by molar-refractivity contribution is -0.104. The van der Waals surface area contributed by atoms with E-state index in [1.54, 1.807) is 38.3 Å². The molecule has 0 saturated heterocycles. The van der Waals surface area contributed by atoms with E-state index >= 15 is 0 Å². The number of hydrogen-bond acceptors (Lipinski definition) is 5. The average molecular weight is 327 g/mol. The van der Waals surface area contributed by atoms with Crippen molar-refractivity contribution < 1.29 is 9.18 Å². The Kier molecular flexibility index (Phi) is 7.84. The minimum Gasteiger partial charge on any atom is -0.298 e. The fraction of sp³-hybridized carbons (Fsp3) is 0.167. The van der Waals surface area contributed by atoms with Crippen LogP contribution in [0.1, 0.15) is 30.8 Å². The van der Waals surface area contributed by atoms with Crippen LogP contribution in [0.15, 0.2) is 58.5 Å². The second kappa shape index (κ2) is 9.89. The lowest BCUT2D eigenvalue weighted by Crippen LogP contribution is -2.00. The van der Waals surface area contributed by atoms with Gasteiger partial charge in [0.1, 0.15) is 17.8 Å². The molecule has 0 atom stereocenters. The normalized spacial score (nSPS) is 13.8. The van der Waals surface area contributed by atoms with Gasteiger partial charge in [-0.15, -0.1) is 4.91 Å². The molecule has 0 radical (unpaired) electrons. The molecule has 1 rings (SSSR count). The largest absolute Gasteiger partial charge is 0.298 e. The summed E-state index contributed by atoms with van der Waals surface area (Å²) in [6.07, 6.45) is 9.16. The van der Waals surface area contributed by atoms with Crippen LogP contribution in [0.25, 0.3) is 11.3 Å². The smallest absolute Gasteiger partial charge is 0.145 e. The molecule has 1 aromatic heterocycles. The van der Waals surface area contributed by atoms with Crippen molar-refractivity contribution >= 4 is 23.8 Å². The standard InChI is InChI=1S/C18H18FN3O2/c1-4-6-13(11-14(19)5-2)16-8-7-15(17(22-24)9-10-23)18(21-16)12-20-3/h4-12H,1-3H3/b6-4-,13-11+,14-5+,17-9-,20-12?. The maximum Gasteiger partial charge on any atom is 0.145 e. The number of aromatic nitrogens is 1. The summed E-state index contributed by atoms with van der Waals surface area (Å²) in [5.74, 6) is -0.393. The van der Waals surface area contributed by atoms with Crippen LogP contribution in [-0.2, 0) is 4.79 Å². The highest BCUT2D eigenvalue weighted by molar-refractivity contribution is 5.90. The molecule has 6 heteroatoms. The number of nitrogens with zero attached hydrogens (tertiary/aromatic N) is 3. The van der Waals surface area contributed by atoms with Crippen LogP contribution in [0.5, 0.6) is 0 Å². The third-order valence-electron chi connectivity index (χ3n) is 2.99. The molecule has 0 bridgehead atoms. The molecule has 5 nitrogen and oxygen atoms in total. The van der Waals surface area contributed by atoms with E-state index in [0.717, 1.165) is 6.08 Å². The summed E-state index contributed by atoms with van der Waals surface area (Å²) < 4.78 is 13.6. The van der Waals surface area contributed by atoms with Gasteiger partial charge in [0.05, 0.1) is 11.4 Å². The van der Waals surface area contributed by atoms with E-state index in [9.17, 15) is 14.1 Å². The molecule has 0 aliphatic heterocycles. The van der Waals surface area contributed by atoms with E-state index in [0.29, 0.717) is 28.8 Å². The van der Waals surface area contributed by atoms with Gasteiger partial charge in [-0.3, -0.25) is 9.79 Å². The number of allylic oxidation sites excluding steroid dienone is 7. The minimum absolute atomic E-state index is 0.0462. The zero-order valence-corrected chi connectivity index (χ0v) is 13.7. The van der Waals surface area contributed by atoms with Crippen molar-refractivity contribution in [1.29, 1.82) is 0 Å². The third-order valence-corrected chi connectivity index (χ3v) is 2.99. The quantitative estimate of drug-likeness (QED) is 0.247. The number of nitroso groups, excluding NO2 is 1. The molecule has 0 N–H and O–H groups in total. The SMILES string of the molecule is C\C=C/C(=C\C(F)=C/C)c1ccc(/C(=C/C=O)N=O)c(C=NC)n1. The third kappa shape index (κ3) is 5.01. The van der Waals surface area contributed by atoms with E-state index in [1.807, 2.05) is 6.92 Å². The van der Waals surface area contributed by atoms with E-state index < -0.39 is 5.83 Å². The minimum atomic E-state index is -0.393. The molecule has 0 aliphatic carbocycles. The average Bonchev–Trinajstić information content (AvgIpc) is 2.59. The number of hydrogen-bond donors (Lipinski definition) is 0. The highest BCUT2D eigenvalue weighted by atomic mass is 19.1. The highest BCUT2D eigenvalue weighted by Gasteiger charge is 2.11. The molecule has 1 aromatic rings. The monoisotopic (exact) mass is 327 g/mol. The molecule has 0 aliphatic rings. The second-order valence-corrected chi connectivity index (χ2v) is 4.57. The molecule has 0 spiro atoms. The molecule has 0 fully saturated rings. The number of aldehydes is 1. The fourth-order valence-corrected chi connectivity index (χ4v) is 1.93. The maximum absolute atomic E-state index is 13.6. The molecule has 0 amide bonds. The summed E-state index contributed by atoms with van der Waals surface area (Å²) in [5.41, 5.74) is 1.75. The first-order chi connectivity index (χ1) is 11.6. The summed E-state index contributed by atoms with van der Waals surface area (Å²) in [4.78, 5) is 29.9. The van der Waals surface area contributed by atoms with Gasteiger partial charge in [0.15, 0.2) is 0 Å². The van der Waals surface area contributed by atoms with Gasteiger partial charge in [0.2, 0.25) is 0 Å². The Bertz CT molecular complexity index is 760. The Morgan fingerprint density at radius 1 is 1.29 bits per heavy atom. The van der Waals surface area contributed by atoms with Crippen molar-refractivity contribution in [3.63, 3.8) is 0 Å². The van der Waals surface area contributed by atoms with Crippen LogP contribution < -0.4 is 0 Å². The van der Waals surface area contributed by atoms with Crippen molar-refractivity contribution in [3.8, 4) is 0 Å². The zero-order valence-electron chi connectivity index (χ0n) is 13.7. The zero-order chi connectivity index (χ0) is 17.9. The number of rotatable bonds is 7. The van der Waals surface area contributed by atoms with Gasteiger partial charge >= 0.3 is 0 Å². The van der Waals surface area contributed by atoms with Crippen LogP contribution >= 0.6 is 0 Å². The molecular formula is C18H18FN3O2.